The van der Waals surface area contributed by atoms with Gasteiger partial charge >= 0.3 is 0 Å². The quantitative estimate of drug-likeness (QED) is 0.847. The Bertz CT molecular complexity index is 579. The number of amides is 1. The topological polar surface area (TPSA) is 84.7 Å². The van der Waals surface area contributed by atoms with Gasteiger partial charge in [-0.05, 0) is 24.6 Å². The fourth-order valence-corrected chi connectivity index (χ4v) is 2.32. The lowest BCUT2D eigenvalue weighted by molar-refractivity contribution is -0.120. The van der Waals surface area contributed by atoms with Gasteiger partial charge in [0.25, 0.3) is 0 Å². The maximum absolute atomic E-state index is 12.1. The zero-order valence-electron chi connectivity index (χ0n) is 11.2. The summed E-state index contributed by atoms with van der Waals surface area (Å²) >= 11 is 0. The lowest BCUT2D eigenvalue weighted by atomic mass is 9.97. The summed E-state index contributed by atoms with van der Waals surface area (Å²) in [5.74, 6) is 1.08. The maximum Gasteiger partial charge on any atom is 0.229 e. The standard InChI is InChI=1S/C13H16N6O/c1-9-4-14-6-11(9)13(20)18-10-2-3-12(16-5-10)19-8-15-7-17-19/h2-3,5,7-9,11,14H,4,6H2,1H3,(H,18,20). The number of carbonyl (C=O) groups excluding carboxylic acids is 1. The van der Waals surface area contributed by atoms with Crippen LogP contribution in [0.5, 0.6) is 0 Å². The highest BCUT2D eigenvalue weighted by Crippen LogP contribution is 2.18. The molecule has 2 atom stereocenters. The van der Waals surface area contributed by atoms with Gasteiger partial charge in [0.1, 0.15) is 12.7 Å². The Balaban J connectivity index is 1.68. The van der Waals surface area contributed by atoms with E-state index in [1.54, 1.807) is 23.3 Å². The normalized spacial score (nSPS) is 21.9. The third kappa shape index (κ3) is 2.53. The van der Waals surface area contributed by atoms with Crippen molar-refractivity contribution < 1.29 is 4.79 Å². The molecular weight excluding hydrogens is 256 g/mol. The molecule has 2 N–H and O–H groups in total. The first-order valence-corrected chi connectivity index (χ1v) is 6.56. The van der Waals surface area contributed by atoms with Gasteiger partial charge in [0.2, 0.25) is 5.91 Å². The van der Waals surface area contributed by atoms with Gasteiger partial charge in [0.05, 0.1) is 17.8 Å². The van der Waals surface area contributed by atoms with Crippen molar-refractivity contribution in [2.45, 2.75) is 6.92 Å². The molecule has 7 heteroatoms. The Labute approximate surface area is 116 Å². The van der Waals surface area contributed by atoms with Crippen LogP contribution < -0.4 is 10.6 Å². The Hall–Kier alpha value is -2.28. The van der Waals surface area contributed by atoms with Crippen LogP contribution in [0.4, 0.5) is 5.69 Å². The van der Waals surface area contributed by atoms with E-state index in [1.807, 2.05) is 6.07 Å². The molecule has 104 valence electrons. The minimum atomic E-state index is 0.0185. The fraction of sp³-hybridized carbons (Fsp3) is 0.385. The highest BCUT2D eigenvalue weighted by atomic mass is 16.1. The molecule has 7 nitrogen and oxygen atoms in total. The van der Waals surface area contributed by atoms with Crippen molar-refractivity contribution in [3.63, 3.8) is 0 Å². The van der Waals surface area contributed by atoms with Crippen LogP contribution in [0.3, 0.4) is 0 Å². The van der Waals surface area contributed by atoms with Crippen molar-refractivity contribution in [3.05, 3.63) is 31.0 Å². The van der Waals surface area contributed by atoms with Gasteiger partial charge in [-0.1, -0.05) is 6.92 Å². The molecule has 0 saturated carbocycles. The number of aromatic nitrogens is 4. The lowest BCUT2D eigenvalue weighted by Gasteiger charge is -2.14. The molecule has 2 aromatic heterocycles. The van der Waals surface area contributed by atoms with E-state index < -0.39 is 0 Å². The predicted octanol–water partition coefficient (Wildman–Crippen LogP) is 0.456. The molecular formula is C13H16N6O. The Morgan fingerprint density at radius 1 is 1.45 bits per heavy atom. The summed E-state index contributed by atoms with van der Waals surface area (Å²) in [7, 11) is 0. The van der Waals surface area contributed by atoms with Gasteiger partial charge < -0.3 is 10.6 Å². The van der Waals surface area contributed by atoms with E-state index >= 15 is 0 Å². The Kier molecular flexibility index (Phi) is 3.42. The molecule has 0 radical (unpaired) electrons. The molecule has 2 aromatic rings. The molecule has 0 bridgehead atoms. The second-order valence-corrected chi connectivity index (χ2v) is 4.98. The van der Waals surface area contributed by atoms with Crippen LogP contribution >= 0.6 is 0 Å². The third-order valence-corrected chi connectivity index (χ3v) is 3.52. The first kappa shape index (κ1) is 12.7. The molecule has 1 amide bonds. The monoisotopic (exact) mass is 272 g/mol. The van der Waals surface area contributed by atoms with Crippen molar-refractivity contribution in [1.82, 2.24) is 25.1 Å². The molecule has 0 spiro atoms. The number of nitrogens with zero attached hydrogens (tertiary/aromatic N) is 4. The first-order valence-electron chi connectivity index (χ1n) is 6.56. The summed E-state index contributed by atoms with van der Waals surface area (Å²) in [6.45, 7) is 3.70. The van der Waals surface area contributed by atoms with Gasteiger partial charge in [-0.25, -0.2) is 14.6 Å². The molecule has 1 saturated heterocycles. The average Bonchev–Trinajstić information content (AvgIpc) is 3.10. The van der Waals surface area contributed by atoms with E-state index in [4.69, 9.17) is 0 Å². The van der Waals surface area contributed by atoms with E-state index in [2.05, 4.69) is 32.6 Å². The van der Waals surface area contributed by atoms with Crippen LogP contribution in [-0.4, -0.2) is 38.7 Å². The van der Waals surface area contributed by atoms with Gasteiger partial charge in [-0.3, -0.25) is 4.79 Å². The molecule has 2 unspecified atom stereocenters. The van der Waals surface area contributed by atoms with Crippen LogP contribution in [0.25, 0.3) is 5.82 Å². The maximum atomic E-state index is 12.1. The van der Waals surface area contributed by atoms with Gasteiger partial charge in [0.15, 0.2) is 5.82 Å². The van der Waals surface area contributed by atoms with E-state index in [0.717, 1.165) is 13.1 Å². The fourth-order valence-electron chi connectivity index (χ4n) is 2.32. The predicted molar refractivity (Wildman–Crippen MR) is 73.3 cm³/mol. The highest BCUT2D eigenvalue weighted by Gasteiger charge is 2.29. The van der Waals surface area contributed by atoms with Crippen molar-refractivity contribution in [2.75, 3.05) is 18.4 Å². The second kappa shape index (κ2) is 5.38. The van der Waals surface area contributed by atoms with Crippen LogP contribution in [0.2, 0.25) is 0 Å². The van der Waals surface area contributed by atoms with E-state index in [9.17, 15) is 4.79 Å². The van der Waals surface area contributed by atoms with Crippen LogP contribution in [0.15, 0.2) is 31.0 Å². The summed E-state index contributed by atoms with van der Waals surface area (Å²) in [5, 5.41) is 10.1. The molecule has 3 heterocycles. The SMILES string of the molecule is CC1CNCC1C(=O)Nc1ccc(-n2cncn2)nc1. The molecule has 20 heavy (non-hydrogen) atoms. The average molecular weight is 272 g/mol. The van der Waals surface area contributed by atoms with Gasteiger partial charge in [-0.15, -0.1) is 0 Å². The van der Waals surface area contributed by atoms with E-state index in [1.165, 1.54) is 6.33 Å². The minimum Gasteiger partial charge on any atom is -0.324 e. The smallest absolute Gasteiger partial charge is 0.229 e. The van der Waals surface area contributed by atoms with Crippen molar-refractivity contribution >= 4 is 11.6 Å². The summed E-state index contributed by atoms with van der Waals surface area (Å²) in [4.78, 5) is 20.2. The van der Waals surface area contributed by atoms with Crippen molar-refractivity contribution in [3.8, 4) is 5.82 Å². The number of rotatable bonds is 3. The van der Waals surface area contributed by atoms with E-state index in [-0.39, 0.29) is 11.8 Å². The van der Waals surface area contributed by atoms with Crippen LogP contribution in [0.1, 0.15) is 6.92 Å². The van der Waals surface area contributed by atoms with Gasteiger partial charge in [-0.2, -0.15) is 5.10 Å². The van der Waals surface area contributed by atoms with Crippen molar-refractivity contribution in [2.24, 2.45) is 11.8 Å². The lowest BCUT2D eigenvalue weighted by Crippen LogP contribution is -2.27. The van der Waals surface area contributed by atoms with Gasteiger partial charge in [0, 0.05) is 6.54 Å². The highest BCUT2D eigenvalue weighted by molar-refractivity contribution is 5.93. The molecule has 0 aromatic carbocycles. The number of hydrogen-bond donors (Lipinski definition) is 2. The number of nitrogens with one attached hydrogen (secondary N) is 2. The molecule has 0 aliphatic carbocycles. The first-order chi connectivity index (χ1) is 9.74. The molecule has 1 fully saturated rings. The van der Waals surface area contributed by atoms with Crippen molar-refractivity contribution in [1.29, 1.82) is 0 Å². The largest absolute Gasteiger partial charge is 0.324 e. The zero-order chi connectivity index (χ0) is 13.9. The van der Waals surface area contributed by atoms with Crippen LogP contribution in [-0.2, 0) is 4.79 Å². The van der Waals surface area contributed by atoms with E-state index in [0.29, 0.717) is 17.4 Å². The Morgan fingerprint density at radius 3 is 2.95 bits per heavy atom. The third-order valence-electron chi connectivity index (χ3n) is 3.52. The zero-order valence-corrected chi connectivity index (χ0v) is 11.2. The number of hydrogen-bond acceptors (Lipinski definition) is 5. The minimum absolute atomic E-state index is 0.0185. The molecule has 1 aliphatic heterocycles. The number of carbonyl (C=O) groups is 1. The number of pyridine rings is 1. The summed E-state index contributed by atoms with van der Waals surface area (Å²) in [6.07, 6.45) is 4.65. The summed E-state index contributed by atoms with van der Waals surface area (Å²) in [5.41, 5.74) is 0.693. The number of anilines is 1. The summed E-state index contributed by atoms with van der Waals surface area (Å²) in [6, 6.07) is 3.61. The molecule has 3 rings (SSSR count). The molecule has 1 aliphatic rings. The Morgan fingerprint density at radius 2 is 2.35 bits per heavy atom. The second-order valence-electron chi connectivity index (χ2n) is 4.98. The summed E-state index contributed by atoms with van der Waals surface area (Å²) < 4.78 is 1.56. The van der Waals surface area contributed by atoms with Crippen LogP contribution in [0, 0.1) is 11.8 Å².